The minimum Gasteiger partial charge on any atom is -0.619 e. The van der Waals surface area contributed by atoms with Crippen molar-refractivity contribution in [2.24, 2.45) is 45.9 Å². The largest absolute Gasteiger partial charge is 0.619 e. The van der Waals surface area contributed by atoms with Crippen LogP contribution in [0.5, 0.6) is 0 Å². The van der Waals surface area contributed by atoms with Crippen LogP contribution in [0.2, 0.25) is 0 Å². The Morgan fingerprint density at radius 3 is 1.19 bits per heavy atom. The number of thiophene rings is 1. The third kappa shape index (κ3) is 119. The van der Waals surface area contributed by atoms with Crippen LogP contribution in [-0.2, 0) is 10.8 Å². The molecular formula is C90H96N42O9S8. The Balaban J connectivity index is 0.000000773. The van der Waals surface area contributed by atoms with E-state index in [1.165, 1.54) is 177 Å². The van der Waals surface area contributed by atoms with E-state index in [1.807, 2.05) is 136 Å². The fourth-order valence-corrected chi connectivity index (χ4v) is 8.94. The Hall–Kier alpha value is -19.2. The van der Waals surface area contributed by atoms with Crippen molar-refractivity contribution < 1.29 is 40.4 Å². The van der Waals surface area contributed by atoms with Crippen LogP contribution in [0.15, 0.2) is 557 Å². The fraction of sp³-hybridized carbons (Fsp3) is 0.0667. The molecule has 0 saturated carbocycles. The highest BCUT2D eigenvalue weighted by atomic mass is 32.2. The van der Waals surface area contributed by atoms with E-state index in [-0.39, 0.29) is 0 Å². The first-order valence-electron chi connectivity index (χ1n) is 41.3. The molecule has 0 amide bonds. The standard InChI is InChI=1S/C5H5NO.2C5H5N.C5H6.2C4H4N2.2C4H5N.C4H4OS.C4H4O.C4H4S.2C3H3N3.2C3H4N2.2C3H3NO.2C3H3NS.C2H3N3.4C2H2N2O.4C2H2N2S/c7-6-4-2-1-3-5-6;2*1-2-4-6-5-3-1;1-2-4-5-3-1;1-2-6-4-3-5-1;1-2-4-6-5-3-1;2*1-2-4-5-3-1;5-6-3-1-2-4-6;2*1-2-4-5-3-1;1-4-2-6-3-5-1;1-2-5-6-3-4-1;2*1-2-4-5-3-1;1-2-5-3-4-1;1-2-4-5-3-1;1-2-5-3-4-1;2*1-2-4-5-3-1;1-3-4-2-5-1;1-3-2-5-4-1;1-2-5-4-3-1;1-2-4-5-3-1;1-3-4-2-5-1;1-3-2-5-4-1;1-2-5-4-3-1;1-2-4-5-3-1/h1-5H;2*1-5H;1-4H,5H2;2*1-4H;1,3-4H,2H2;1-3H,4H2;1-4H;2*1-4H;2*1-3H;2-3H,1H2;1-2H,3H2;4*1-3H;1H,2H2;8*1-2H. The van der Waals surface area contributed by atoms with Crippen LogP contribution in [0.3, 0.4) is 0 Å². The van der Waals surface area contributed by atoms with Gasteiger partial charge >= 0.3 is 0 Å². The van der Waals surface area contributed by atoms with Crippen LogP contribution in [0, 0.1) is 5.21 Å². The summed E-state index contributed by atoms with van der Waals surface area (Å²) in [6, 6.07) is 31.6. The normalized spacial score (nSPS) is 10.4. The highest BCUT2D eigenvalue weighted by Gasteiger charge is 1.87. The van der Waals surface area contributed by atoms with Gasteiger partial charge in [-0.05, 0) is 130 Å². The molecular weight excluding hydrogens is 2070 g/mol. The summed E-state index contributed by atoms with van der Waals surface area (Å²) in [4.78, 5) is 51.3. The Morgan fingerprint density at radius 1 is 0.315 bits per heavy atom. The van der Waals surface area contributed by atoms with E-state index in [1.54, 1.807) is 253 Å². The molecule has 6 aliphatic heterocycles. The molecule has 21 aromatic heterocycles. The number of thiazole rings is 1. The minimum atomic E-state index is -0.784. The predicted octanol–water partition coefficient (Wildman–Crippen LogP) is 18.0. The summed E-state index contributed by atoms with van der Waals surface area (Å²) in [5.74, 6) is 0. The average molecular weight is 2170 g/mol. The van der Waals surface area contributed by atoms with Crippen molar-refractivity contribution in [1.82, 2.24) is 159 Å². The number of aliphatic imine (C=N–C) groups is 2. The molecule has 59 heteroatoms. The molecule has 768 valence electrons. The van der Waals surface area contributed by atoms with E-state index in [0.717, 1.165) is 37.1 Å². The molecule has 28 rings (SSSR count). The van der Waals surface area contributed by atoms with E-state index in [9.17, 15) is 9.42 Å². The van der Waals surface area contributed by atoms with E-state index >= 15 is 0 Å². The van der Waals surface area contributed by atoms with Gasteiger partial charge in [-0.2, -0.15) is 70.0 Å². The Labute approximate surface area is 884 Å². The molecule has 0 saturated heterocycles. The molecule has 149 heavy (non-hydrogen) atoms. The van der Waals surface area contributed by atoms with Gasteiger partial charge in [0, 0.05) is 175 Å². The van der Waals surface area contributed by atoms with E-state index in [0.29, 0.717) is 6.54 Å². The summed E-state index contributed by atoms with van der Waals surface area (Å²) in [6.07, 6.45) is 95.5. The first-order valence-corrected chi connectivity index (χ1v) is 48.7. The molecule has 0 spiro atoms. The van der Waals surface area contributed by atoms with Crippen LogP contribution in [-0.4, -0.2) is 214 Å². The number of oxazole rings is 1. The van der Waals surface area contributed by atoms with Gasteiger partial charge in [-0.25, -0.2) is 43.9 Å². The van der Waals surface area contributed by atoms with Crippen molar-refractivity contribution in [3.05, 3.63) is 485 Å². The van der Waals surface area contributed by atoms with Gasteiger partial charge in [0.05, 0.1) is 122 Å². The van der Waals surface area contributed by atoms with Gasteiger partial charge in [0.1, 0.15) is 67.0 Å². The highest BCUT2D eigenvalue weighted by Crippen LogP contribution is 1.97. The van der Waals surface area contributed by atoms with E-state index in [4.69, 9.17) is 0 Å². The second-order valence-electron chi connectivity index (χ2n) is 22.0. The van der Waals surface area contributed by atoms with Crippen LogP contribution >= 0.6 is 80.3 Å². The number of hydrogen-bond acceptors (Lipinski definition) is 57. The second-order valence-corrected chi connectivity index (χ2v) is 28.0. The molecule has 0 unspecified atom stereocenters. The van der Waals surface area contributed by atoms with Gasteiger partial charge < -0.3 is 32.0 Å². The summed E-state index contributed by atoms with van der Waals surface area (Å²) < 4.78 is 59.4. The van der Waals surface area contributed by atoms with Gasteiger partial charge in [0.2, 0.25) is 19.2 Å². The molecule has 0 aromatic carbocycles. The third-order valence-corrected chi connectivity index (χ3v) is 15.8. The van der Waals surface area contributed by atoms with Crippen molar-refractivity contribution >= 4 is 122 Å². The molecule has 0 radical (unpaired) electrons. The smallest absolute Gasteiger partial charge is 0.213 e. The maximum atomic E-state index is 10.2. The van der Waals surface area contributed by atoms with Crippen molar-refractivity contribution in [3.63, 3.8) is 0 Å². The number of rotatable bonds is 0. The Kier molecular flexibility index (Phi) is 104. The molecule has 21 aromatic rings. The lowest BCUT2D eigenvalue weighted by molar-refractivity contribution is -0.605. The summed E-state index contributed by atoms with van der Waals surface area (Å²) >= 11 is 10.2. The number of furan rings is 1. The van der Waals surface area contributed by atoms with E-state index < -0.39 is 10.8 Å². The zero-order valence-corrected chi connectivity index (χ0v) is 85.0. The Bertz CT molecular complexity index is 4530. The predicted molar refractivity (Wildman–Crippen MR) is 567 cm³/mol. The maximum absolute atomic E-state index is 10.2. The van der Waals surface area contributed by atoms with Crippen LogP contribution in [0.25, 0.3) is 0 Å². The quantitative estimate of drug-likeness (QED) is 0.100. The lowest BCUT2D eigenvalue weighted by Gasteiger charge is -1.88. The van der Waals surface area contributed by atoms with Crippen LogP contribution in [0.1, 0.15) is 19.3 Å². The molecule has 0 bridgehead atoms. The summed E-state index contributed by atoms with van der Waals surface area (Å²) in [7, 11) is -0.784. The van der Waals surface area contributed by atoms with Crippen molar-refractivity contribution in [3.8, 4) is 0 Å². The molecule has 0 fully saturated rings. The van der Waals surface area contributed by atoms with Crippen LogP contribution in [0.4, 0.5) is 0 Å². The molecule has 0 atom stereocenters. The number of azo groups is 1. The topological polar surface area (TPSA) is 660 Å². The first kappa shape index (κ1) is 128. The van der Waals surface area contributed by atoms with Crippen LogP contribution < -0.4 is 4.73 Å². The van der Waals surface area contributed by atoms with Crippen molar-refractivity contribution in [1.29, 1.82) is 0 Å². The van der Waals surface area contributed by atoms with Gasteiger partial charge in [0.25, 0.3) is 0 Å². The minimum absolute atomic E-state index is 0.667. The second kappa shape index (κ2) is 121. The number of nitrogens with zero attached hydrogens (tertiary/aromatic N) is 42. The monoisotopic (exact) mass is 2160 g/mol. The number of pyridine rings is 3. The number of aromatic nitrogens is 33. The van der Waals surface area contributed by atoms with Gasteiger partial charge in [-0.15, -0.1) is 63.5 Å². The van der Waals surface area contributed by atoms with Gasteiger partial charge in [-0.1, -0.05) is 104 Å². The molecule has 51 nitrogen and oxygen atoms in total. The highest BCUT2D eigenvalue weighted by molar-refractivity contribution is 7.91. The Morgan fingerprint density at radius 2 is 1.01 bits per heavy atom. The summed E-state index contributed by atoms with van der Waals surface area (Å²) in [5.41, 5.74) is 6.83. The van der Waals surface area contributed by atoms with Gasteiger partial charge in [0.15, 0.2) is 25.1 Å². The molecule has 27 heterocycles. The lowest BCUT2D eigenvalue weighted by Crippen LogP contribution is -2.22. The summed E-state index contributed by atoms with van der Waals surface area (Å²) in [5, 5.41) is 98.1. The van der Waals surface area contributed by atoms with Gasteiger partial charge in [-0.3, -0.25) is 39.1 Å². The molecule has 0 N–H and O–H groups in total. The SMILES string of the molecule is C1=CCC=C1.C1=CCN=C1.C1=CN=CC1.C1=CN=NC1.C1=NN=CC1.C1=NN=NC1.O=S1C=CC=C1.[O-][n+]1ccccc1.c1ccncc1.c1ccncc1.c1ccnnc1.c1ccoc1.c1ccsc1.c1cnccn1.c1cnncn1.c1cnoc1.c1cnon1.c1cnsc1.c1cnsn1.c1cocn1.c1conn1.c1cscn1.c1csnn1.c1ncncn1.c1ncon1.c1ncsn1.c1nnco1.c1nncs1. The zero-order valence-electron chi connectivity index (χ0n) is 78.5. The lowest BCUT2D eigenvalue weighted by atomic mass is 10.5. The number of hydrogen-bond donors (Lipinski definition) is 0. The van der Waals surface area contributed by atoms with Crippen molar-refractivity contribution in [2.75, 3.05) is 19.6 Å². The maximum Gasteiger partial charge on any atom is 0.213 e. The molecule has 7 aliphatic rings. The third-order valence-electron chi connectivity index (χ3n) is 11.6. The first-order chi connectivity index (χ1) is 74.3. The summed E-state index contributed by atoms with van der Waals surface area (Å²) in [6.45, 7) is 2.33. The fourth-order valence-electron chi connectivity index (χ4n) is 6.12. The zero-order chi connectivity index (χ0) is 106. The number of allylic oxidation sites excluding steroid dienone is 8. The van der Waals surface area contributed by atoms with E-state index in [2.05, 4.69) is 260 Å². The average Bonchev–Trinajstić information content (AvgIpc) is 1.51. The van der Waals surface area contributed by atoms with Crippen molar-refractivity contribution in [2.45, 2.75) is 19.3 Å². The molecule has 1 aliphatic carbocycles.